The minimum Gasteiger partial charge on any atom is -0.334 e. The average molecular weight is 367 g/mol. The van der Waals surface area contributed by atoms with E-state index in [9.17, 15) is 9.59 Å². The number of amides is 2. The third kappa shape index (κ3) is 4.97. The van der Waals surface area contributed by atoms with Gasteiger partial charge in [-0.25, -0.2) is 0 Å². The van der Waals surface area contributed by atoms with Crippen molar-refractivity contribution in [3.8, 4) is 0 Å². The SMILES string of the molecule is C[C@@H]1CCCC[NH+]1CC(=O)N1CCN(C(=O)C[NH+]2CCCC[C@@H]2C)CC1. The molecular weight excluding hydrogens is 328 g/mol. The predicted molar refractivity (Wildman–Crippen MR) is 101 cm³/mol. The zero-order valence-electron chi connectivity index (χ0n) is 16.8. The largest absolute Gasteiger partial charge is 0.334 e. The second-order valence-corrected chi connectivity index (χ2v) is 8.73. The first kappa shape index (κ1) is 19.6. The number of nitrogens with one attached hydrogen (secondary N) is 2. The van der Waals surface area contributed by atoms with Crippen molar-refractivity contribution in [2.45, 2.75) is 64.5 Å². The quantitative estimate of drug-likeness (QED) is 0.641. The van der Waals surface area contributed by atoms with E-state index in [1.807, 2.05) is 9.80 Å². The van der Waals surface area contributed by atoms with Gasteiger partial charge < -0.3 is 19.6 Å². The molecule has 0 aliphatic carbocycles. The van der Waals surface area contributed by atoms with Crippen molar-refractivity contribution in [3.63, 3.8) is 0 Å². The Morgan fingerprint density at radius 1 is 0.731 bits per heavy atom. The van der Waals surface area contributed by atoms with Crippen molar-refractivity contribution in [3.05, 3.63) is 0 Å². The summed E-state index contributed by atoms with van der Waals surface area (Å²) in [5.74, 6) is 0.548. The van der Waals surface area contributed by atoms with Crippen LogP contribution < -0.4 is 9.80 Å². The smallest absolute Gasteiger partial charge is 0.277 e. The summed E-state index contributed by atoms with van der Waals surface area (Å²) in [5.41, 5.74) is 0. The Kier molecular flexibility index (Phi) is 6.92. The van der Waals surface area contributed by atoms with E-state index < -0.39 is 0 Å². The van der Waals surface area contributed by atoms with Gasteiger partial charge in [-0.15, -0.1) is 0 Å². The van der Waals surface area contributed by atoms with Crippen molar-refractivity contribution in [1.29, 1.82) is 0 Å². The summed E-state index contributed by atoms with van der Waals surface area (Å²) in [6, 6.07) is 1.20. The fourth-order valence-corrected chi connectivity index (χ4v) is 4.85. The van der Waals surface area contributed by atoms with Gasteiger partial charge in [0.2, 0.25) is 0 Å². The number of quaternary nitrogens is 2. The monoisotopic (exact) mass is 366 g/mol. The lowest BCUT2D eigenvalue weighted by Crippen LogP contribution is -3.17. The van der Waals surface area contributed by atoms with Gasteiger partial charge >= 0.3 is 0 Å². The standard InChI is InChI=1S/C20H36N4O2/c1-17-7-3-5-9-23(17)15-19(25)21-11-13-22(14-12-21)20(26)16-24-10-6-4-8-18(24)2/h17-18H,3-16H2,1-2H3/p+2/t17-,18+. The van der Waals surface area contributed by atoms with E-state index >= 15 is 0 Å². The molecule has 2 amide bonds. The van der Waals surface area contributed by atoms with Gasteiger partial charge in [-0.05, 0) is 52.4 Å². The Labute approximate surface area is 158 Å². The molecular formula is C20H38N4O2+2. The second kappa shape index (κ2) is 9.18. The van der Waals surface area contributed by atoms with Crippen molar-refractivity contribution in [2.75, 3.05) is 52.4 Å². The van der Waals surface area contributed by atoms with Gasteiger partial charge in [0, 0.05) is 26.2 Å². The van der Waals surface area contributed by atoms with E-state index in [1.54, 1.807) is 0 Å². The molecule has 3 saturated heterocycles. The van der Waals surface area contributed by atoms with Gasteiger partial charge in [-0.2, -0.15) is 0 Å². The Bertz CT molecular complexity index is 446. The topological polar surface area (TPSA) is 49.5 Å². The van der Waals surface area contributed by atoms with Gasteiger partial charge in [0.25, 0.3) is 11.8 Å². The number of piperidine rings is 2. The Morgan fingerprint density at radius 2 is 1.12 bits per heavy atom. The molecule has 3 aliphatic rings. The van der Waals surface area contributed by atoms with Gasteiger partial charge in [0.15, 0.2) is 13.1 Å². The molecule has 6 heteroatoms. The number of rotatable bonds is 4. The lowest BCUT2D eigenvalue weighted by Gasteiger charge is -2.37. The molecule has 26 heavy (non-hydrogen) atoms. The molecule has 148 valence electrons. The Balaban J connectivity index is 1.41. The molecule has 3 aliphatic heterocycles. The molecule has 4 atom stereocenters. The fraction of sp³-hybridized carbons (Fsp3) is 0.900. The van der Waals surface area contributed by atoms with E-state index in [-0.39, 0.29) is 11.8 Å². The highest BCUT2D eigenvalue weighted by molar-refractivity contribution is 5.79. The maximum atomic E-state index is 12.6. The summed E-state index contributed by atoms with van der Waals surface area (Å²) in [7, 11) is 0. The van der Waals surface area contributed by atoms with Crippen LogP contribution in [0.1, 0.15) is 52.4 Å². The summed E-state index contributed by atoms with van der Waals surface area (Å²) >= 11 is 0. The molecule has 3 heterocycles. The van der Waals surface area contributed by atoms with Gasteiger partial charge in [-0.1, -0.05) is 0 Å². The van der Waals surface area contributed by atoms with E-state index in [0.29, 0.717) is 51.4 Å². The summed E-state index contributed by atoms with van der Waals surface area (Å²) in [5, 5.41) is 0. The Morgan fingerprint density at radius 3 is 1.46 bits per heavy atom. The average Bonchev–Trinajstić information content (AvgIpc) is 2.65. The van der Waals surface area contributed by atoms with Crippen LogP contribution >= 0.6 is 0 Å². The van der Waals surface area contributed by atoms with Crippen molar-refractivity contribution in [2.24, 2.45) is 0 Å². The van der Waals surface area contributed by atoms with Crippen molar-refractivity contribution < 1.29 is 19.4 Å². The van der Waals surface area contributed by atoms with Gasteiger partial charge in [-0.3, -0.25) is 9.59 Å². The molecule has 6 nitrogen and oxygen atoms in total. The van der Waals surface area contributed by atoms with E-state index in [4.69, 9.17) is 0 Å². The Hall–Kier alpha value is -1.14. The first-order valence-corrected chi connectivity index (χ1v) is 10.8. The van der Waals surface area contributed by atoms with Crippen LogP contribution in [0.4, 0.5) is 0 Å². The molecule has 2 N–H and O–H groups in total. The van der Waals surface area contributed by atoms with Crippen LogP contribution in [0, 0.1) is 0 Å². The molecule has 3 fully saturated rings. The molecule has 0 aromatic carbocycles. The molecule has 0 aromatic rings. The normalized spacial score (nSPS) is 33.2. The van der Waals surface area contributed by atoms with E-state index in [1.165, 1.54) is 48.3 Å². The van der Waals surface area contributed by atoms with Crippen molar-refractivity contribution >= 4 is 11.8 Å². The van der Waals surface area contributed by atoms with Crippen molar-refractivity contribution in [1.82, 2.24) is 9.80 Å². The minimum absolute atomic E-state index is 0.274. The number of hydrogen-bond donors (Lipinski definition) is 2. The maximum absolute atomic E-state index is 12.6. The molecule has 0 saturated carbocycles. The fourth-order valence-electron chi connectivity index (χ4n) is 4.85. The predicted octanol–water partition coefficient (Wildman–Crippen LogP) is -1.43. The third-order valence-electron chi connectivity index (χ3n) is 6.91. The molecule has 0 aromatic heterocycles. The minimum atomic E-state index is 0.274. The second-order valence-electron chi connectivity index (χ2n) is 8.73. The molecule has 0 spiro atoms. The zero-order valence-corrected chi connectivity index (χ0v) is 16.8. The summed E-state index contributed by atoms with van der Waals surface area (Å²) < 4.78 is 0. The van der Waals surface area contributed by atoms with Crippen LogP contribution in [0.15, 0.2) is 0 Å². The summed E-state index contributed by atoms with van der Waals surface area (Å²) in [6.45, 7) is 10.9. The highest BCUT2D eigenvalue weighted by Crippen LogP contribution is 2.05. The summed E-state index contributed by atoms with van der Waals surface area (Å²) in [4.78, 5) is 32.1. The number of likely N-dealkylation sites (tertiary alicyclic amines) is 2. The van der Waals surface area contributed by atoms with Crippen LogP contribution in [0.5, 0.6) is 0 Å². The van der Waals surface area contributed by atoms with E-state index in [0.717, 1.165) is 13.1 Å². The first-order valence-electron chi connectivity index (χ1n) is 10.8. The van der Waals surface area contributed by atoms with E-state index in [2.05, 4.69) is 13.8 Å². The maximum Gasteiger partial charge on any atom is 0.277 e. The van der Waals surface area contributed by atoms with Crippen LogP contribution in [0.2, 0.25) is 0 Å². The number of carbonyl (C=O) groups is 2. The zero-order chi connectivity index (χ0) is 18.5. The molecule has 0 radical (unpaired) electrons. The van der Waals surface area contributed by atoms with Crippen LogP contribution in [-0.2, 0) is 9.59 Å². The number of nitrogens with zero attached hydrogens (tertiary/aromatic N) is 2. The molecule has 2 unspecified atom stereocenters. The molecule has 0 bridgehead atoms. The highest BCUT2D eigenvalue weighted by Gasteiger charge is 2.31. The first-order chi connectivity index (χ1) is 12.5. The van der Waals surface area contributed by atoms with Crippen LogP contribution in [-0.4, -0.2) is 86.1 Å². The summed E-state index contributed by atoms with van der Waals surface area (Å²) in [6.07, 6.45) is 7.57. The lowest BCUT2D eigenvalue weighted by atomic mass is 10.0. The number of piperazine rings is 1. The van der Waals surface area contributed by atoms with Gasteiger partial charge in [0.05, 0.1) is 25.2 Å². The third-order valence-corrected chi connectivity index (χ3v) is 6.91. The number of hydrogen-bond acceptors (Lipinski definition) is 2. The highest BCUT2D eigenvalue weighted by atomic mass is 16.2. The van der Waals surface area contributed by atoms with Gasteiger partial charge in [0.1, 0.15) is 0 Å². The molecule has 3 rings (SSSR count). The number of carbonyl (C=O) groups excluding carboxylic acids is 2. The lowest BCUT2D eigenvalue weighted by molar-refractivity contribution is -0.921. The van der Waals surface area contributed by atoms with Crippen LogP contribution in [0.25, 0.3) is 0 Å². The van der Waals surface area contributed by atoms with Crippen LogP contribution in [0.3, 0.4) is 0 Å².